The maximum Gasteiger partial charge on any atom is 0.244 e. The number of anilines is 1. The monoisotopic (exact) mass is 298 g/mol. The van der Waals surface area contributed by atoms with Crippen molar-refractivity contribution in [2.75, 3.05) is 11.9 Å². The fourth-order valence-corrected chi connectivity index (χ4v) is 3.88. The van der Waals surface area contributed by atoms with E-state index in [1.54, 1.807) is 0 Å². The van der Waals surface area contributed by atoms with Crippen molar-refractivity contribution < 1.29 is 8.42 Å². The Morgan fingerprint density at radius 1 is 1.20 bits per heavy atom. The quantitative estimate of drug-likeness (QED) is 0.867. The molecular weight excluding hydrogens is 276 g/mol. The number of hydrogen-bond acceptors (Lipinski definition) is 5. The van der Waals surface area contributed by atoms with Gasteiger partial charge in [0.25, 0.3) is 0 Å². The summed E-state index contributed by atoms with van der Waals surface area (Å²) in [5.74, 6) is 0.440. The molecule has 0 aliphatic heterocycles. The molecule has 0 aromatic carbocycles. The van der Waals surface area contributed by atoms with E-state index in [9.17, 15) is 8.42 Å². The zero-order valence-corrected chi connectivity index (χ0v) is 12.8. The molecule has 1 saturated carbocycles. The normalized spacial score (nSPS) is 18.7. The first-order valence-electron chi connectivity index (χ1n) is 7.05. The minimum Gasteiger partial charge on any atom is -0.355 e. The standard InChI is InChI=1S/C13H22N4O2S/c1-3-14-12-15-9-11(10-16-12)20(18,19)17-13(2)7-5-4-6-8-13/h9-10,17H,3-8H2,1-2H3,(H,14,15,16). The van der Waals surface area contributed by atoms with Gasteiger partial charge in [0.2, 0.25) is 16.0 Å². The van der Waals surface area contributed by atoms with Crippen LogP contribution in [0, 0.1) is 0 Å². The van der Waals surface area contributed by atoms with Crippen LogP contribution in [0.1, 0.15) is 46.0 Å². The molecule has 7 heteroatoms. The first-order valence-corrected chi connectivity index (χ1v) is 8.53. The van der Waals surface area contributed by atoms with Gasteiger partial charge in [-0.2, -0.15) is 0 Å². The molecule has 0 bridgehead atoms. The third-order valence-electron chi connectivity index (χ3n) is 3.61. The number of nitrogens with one attached hydrogen (secondary N) is 2. The minimum absolute atomic E-state index is 0.117. The van der Waals surface area contributed by atoms with Gasteiger partial charge in [0.15, 0.2) is 0 Å². The summed E-state index contributed by atoms with van der Waals surface area (Å²) < 4.78 is 27.5. The molecule has 1 aromatic rings. The average molecular weight is 298 g/mol. The maximum absolute atomic E-state index is 12.4. The molecule has 0 radical (unpaired) electrons. The highest BCUT2D eigenvalue weighted by atomic mass is 32.2. The summed E-state index contributed by atoms with van der Waals surface area (Å²) in [5, 5.41) is 2.94. The van der Waals surface area contributed by atoms with Gasteiger partial charge >= 0.3 is 0 Å². The molecule has 0 saturated heterocycles. The van der Waals surface area contributed by atoms with E-state index < -0.39 is 10.0 Å². The zero-order chi connectivity index (χ0) is 14.6. The van der Waals surface area contributed by atoms with Crippen molar-refractivity contribution >= 4 is 16.0 Å². The second-order valence-corrected chi connectivity index (χ2v) is 7.18. The molecule has 2 rings (SSSR count). The van der Waals surface area contributed by atoms with Crippen LogP contribution in [0.5, 0.6) is 0 Å². The summed E-state index contributed by atoms with van der Waals surface area (Å²) >= 11 is 0. The summed E-state index contributed by atoms with van der Waals surface area (Å²) in [5.41, 5.74) is -0.350. The van der Waals surface area contributed by atoms with Gasteiger partial charge in [-0.15, -0.1) is 0 Å². The Morgan fingerprint density at radius 2 is 1.80 bits per heavy atom. The summed E-state index contributed by atoms with van der Waals surface area (Å²) in [6, 6.07) is 0. The lowest BCUT2D eigenvalue weighted by Crippen LogP contribution is -2.47. The molecule has 0 amide bonds. The Bertz CT molecular complexity index is 536. The van der Waals surface area contributed by atoms with Gasteiger partial charge < -0.3 is 5.32 Å². The fourth-order valence-electron chi connectivity index (χ4n) is 2.52. The van der Waals surface area contributed by atoms with Crippen molar-refractivity contribution in [2.45, 2.75) is 56.4 Å². The number of nitrogens with zero attached hydrogens (tertiary/aromatic N) is 2. The molecule has 0 spiro atoms. The second kappa shape index (κ2) is 6.05. The second-order valence-electron chi connectivity index (χ2n) is 5.50. The van der Waals surface area contributed by atoms with E-state index in [1.165, 1.54) is 18.8 Å². The van der Waals surface area contributed by atoms with E-state index in [-0.39, 0.29) is 10.4 Å². The molecule has 1 aliphatic carbocycles. The van der Waals surface area contributed by atoms with Crippen LogP contribution in [0.25, 0.3) is 0 Å². The molecule has 1 aromatic heterocycles. The molecule has 1 fully saturated rings. The van der Waals surface area contributed by atoms with Crippen LogP contribution in [-0.2, 0) is 10.0 Å². The fraction of sp³-hybridized carbons (Fsp3) is 0.692. The Labute approximate surface area is 120 Å². The predicted molar refractivity (Wildman–Crippen MR) is 78.0 cm³/mol. The van der Waals surface area contributed by atoms with Crippen molar-refractivity contribution in [1.82, 2.24) is 14.7 Å². The lowest BCUT2D eigenvalue weighted by Gasteiger charge is -2.33. The van der Waals surface area contributed by atoms with E-state index in [2.05, 4.69) is 20.0 Å². The third kappa shape index (κ3) is 3.67. The van der Waals surface area contributed by atoms with Crippen molar-refractivity contribution in [3.63, 3.8) is 0 Å². The summed E-state index contributed by atoms with van der Waals surface area (Å²) in [4.78, 5) is 8.13. The molecule has 20 heavy (non-hydrogen) atoms. The van der Waals surface area contributed by atoms with Gasteiger partial charge in [0, 0.05) is 12.1 Å². The van der Waals surface area contributed by atoms with Crippen LogP contribution >= 0.6 is 0 Å². The van der Waals surface area contributed by atoms with Crippen molar-refractivity contribution in [2.24, 2.45) is 0 Å². The van der Waals surface area contributed by atoms with Crippen LogP contribution in [0.4, 0.5) is 5.95 Å². The number of sulfonamides is 1. The van der Waals surface area contributed by atoms with E-state index >= 15 is 0 Å². The molecule has 2 N–H and O–H groups in total. The topological polar surface area (TPSA) is 84.0 Å². The van der Waals surface area contributed by atoms with Gasteiger partial charge in [-0.1, -0.05) is 19.3 Å². The predicted octanol–water partition coefficient (Wildman–Crippen LogP) is 1.91. The Morgan fingerprint density at radius 3 is 2.35 bits per heavy atom. The SMILES string of the molecule is CCNc1ncc(S(=O)(=O)NC2(C)CCCCC2)cn1. The Balaban J connectivity index is 2.13. The Kier molecular flexibility index (Phi) is 4.59. The summed E-state index contributed by atoms with van der Waals surface area (Å²) in [7, 11) is -3.55. The molecule has 0 unspecified atom stereocenters. The molecule has 112 valence electrons. The van der Waals surface area contributed by atoms with Gasteiger partial charge in [0.1, 0.15) is 4.90 Å². The smallest absolute Gasteiger partial charge is 0.244 e. The molecule has 6 nitrogen and oxygen atoms in total. The van der Waals surface area contributed by atoms with Crippen LogP contribution in [0.3, 0.4) is 0 Å². The van der Waals surface area contributed by atoms with E-state index in [0.717, 1.165) is 25.7 Å². The highest BCUT2D eigenvalue weighted by Gasteiger charge is 2.32. The van der Waals surface area contributed by atoms with E-state index in [0.29, 0.717) is 12.5 Å². The lowest BCUT2D eigenvalue weighted by atomic mass is 9.84. The molecule has 1 heterocycles. The van der Waals surface area contributed by atoms with E-state index in [4.69, 9.17) is 0 Å². The summed E-state index contributed by atoms with van der Waals surface area (Å²) in [6.45, 7) is 4.60. The molecular formula is C13H22N4O2S. The summed E-state index contributed by atoms with van der Waals surface area (Å²) in [6.07, 6.45) is 7.76. The van der Waals surface area contributed by atoms with Crippen LogP contribution < -0.4 is 10.0 Å². The molecule has 0 atom stereocenters. The average Bonchev–Trinajstić information content (AvgIpc) is 2.39. The van der Waals surface area contributed by atoms with Crippen LogP contribution in [-0.4, -0.2) is 30.5 Å². The molecule has 1 aliphatic rings. The van der Waals surface area contributed by atoms with Gasteiger partial charge in [-0.25, -0.2) is 23.1 Å². The van der Waals surface area contributed by atoms with Crippen molar-refractivity contribution in [1.29, 1.82) is 0 Å². The number of aromatic nitrogens is 2. The highest BCUT2D eigenvalue weighted by Crippen LogP contribution is 2.29. The zero-order valence-electron chi connectivity index (χ0n) is 12.0. The Hall–Kier alpha value is -1.21. The van der Waals surface area contributed by atoms with Gasteiger partial charge in [-0.3, -0.25) is 0 Å². The van der Waals surface area contributed by atoms with Crippen molar-refractivity contribution in [3.8, 4) is 0 Å². The van der Waals surface area contributed by atoms with Crippen LogP contribution in [0.15, 0.2) is 17.3 Å². The number of hydrogen-bond donors (Lipinski definition) is 2. The van der Waals surface area contributed by atoms with Crippen molar-refractivity contribution in [3.05, 3.63) is 12.4 Å². The van der Waals surface area contributed by atoms with Gasteiger partial charge in [-0.05, 0) is 26.7 Å². The third-order valence-corrected chi connectivity index (χ3v) is 5.20. The lowest BCUT2D eigenvalue weighted by molar-refractivity contribution is 0.294. The first-order chi connectivity index (χ1) is 9.45. The van der Waals surface area contributed by atoms with Crippen LogP contribution in [0.2, 0.25) is 0 Å². The first kappa shape index (κ1) is 15.2. The minimum atomic E-state index is -3.55. The maximum atomic E-state index is 12.4. The van der Waals surface area contributed by atoms with E-state index in [1.807, 2.05) is 13.8 Å². The number of rotatable bonds is 5. The largest absolute Gasteiger partial charge is 0.355 e. The highest BCUT2D eigenvalue weighted by molar-refractivity contribution is 7.89. The van der Waals surface area contributed by atoms with Gasteiger partial charge in [0.05, 0.1) is 12.4 Å².